The molecule has 0 aliphatic carbocycles. The van der Waals surface area contributed by atoms with Crippen LogP contribution in [0, 0.1) is 0 Å². The highest BCUT2D eigenvalue weighted by Crippen LogP contribution is 1.94. The van der Waals surface area contributed by atoms with Crippen LogP contribution in [0.15, 0.2) is 12.8 Å². The minimum Gasteiger partial charge on any atom is -0.495 e. The molecule has 13 heavy (non-hydrogen) atoms. The van der Waals surface area contributed by atoms with Crippen molar-refractivity contribution in [2.75, 3.05) is 6.61 Å². The summed E-state index contributed by atoms with van der Waals surface area (Å²) in [5, 5.41) is 8.20. The lowest BCUT2D eigenvalue weighted by Crippen LogP contribution is -2.18. The molecule has 0 aliphatic rings. The molecule has 1 unspecified atom stereocenters. The van der Waals surface area contributed by atoms with Crippen LogP contribution in [0.5, 0.6) is 0 Å². The number of carbonyl (C=O) groups is 2. The van der Waals surface area contributed by atoms with Gasteiger partial charge in [0.05, 0.1) is 6.26 Å². The van der Waals surface area contributed by atoms with Crippen LogP contribution in [0.1, 0.15) is 13.3 Å². The lowest BCUT2D eigenvalue weighted by Gasteiger charge is -2.10. The van der Waals surface area contributed by atoms with E-state index in [4.69, 9.17) is 9.84 Å². The summed E-state index contributed by atoms with van der Waals surface area (Å²) in [6.45, 7) is 5.02. The summed E-state index contributed by atoms with van der Waals surface area (Å²) >= 11 is 0. The molecule has 5 heteroatoms. The molecule has 0 saturated heterocycles. The smallest absolute Gasteiger partial charge is 0.317 e. The van der Waals surface area contributed by atoms with E-state index in [1.807, 2.05) is 0 Å². The van der Waals surface area contributed by atoms with E-state index >= 15 is 0 Å². The molecule has 0 saturated carbocycles. The Morgan fingerprint density at radius 2 is 2.23 bits per heavy atom. The zero-order valence-corrected chi connectivity index (χ0v) is 7.36. The van der Waals surface area contributed by atoms with Crippen molar-refractivity contribution in [1.82, 2.24) is 0 Å². The largest absolute Gasteiger partial charge is 0.495 e. The third-order valence-corrected chi connectivity index (χ3v) is 1.10. The van der Waals surface area contributed by atoms with Crippen LogP contribution < -0.4 is 0 Å². The Labute approximate surface area is 75.9 Å². The zero-order chi connectivity index (χ0) is 10.3. The highest BCUT2D eigenvalue weighted by molar-refractivity contribution is 5.90. The van der Waals surface area contributed by atoms with Gasteiger partial charge in [0.1, 0.15) is 19.1 Å². The third-order valence-electron chi connectivity index (χ3n) is 1.10. The first kappa shape index (κ1) is 11.5. The predicted octanol–water partition coefficient (Wildman–Crippen LogP) is 0.553. The van der Waals surface area contributed by atoms with Gasteiger partial charge in [0.2, 0.25) is 0 Å². The van der Waals surface area contributed by atoms with Gasteiger partial charge in [0, 0.05) is 0 Å². The Balaban J connectivity index is 3.57. The molecule has 0 bridgehead atoms. The monoisotopic (exact) mass is 188 g/mol. The number of carbonyl (C=O) groups excluding carboxylic acids is 1. The minimum atomic E-state index is -1.21. The van der Waals surface area contributed by atoms with Gasteiger partial charge >= 0.3 is 11.9 Å². The van der Waals surface area contributed by atoms with Crippen LogP contribution in [0.25, 0.3) is 0 Å². The van der Waals surface area contributed by atoms with E-state index in [1.165, 1.54) is 6.26 Å². The van der Waals surface area contributed by atoms with Crippen molar-refractivity contribution in [2.45, 2.75) is 19.4 Å². The van der Waals surface area contributed by atoms with Crippen LogP contribution in [-0.4, -0.2) is 29.8 Å². The van der Waals surface area contributed by atoms with Gasteiger partial charge in [-0.25, -0.2) is 0 Å². The molecule has 0 radical (unpaired) electrons. The Morgan fingerprint density at radius 3 is 2.69 bits per heavy atom. The maximum Gasteiger partial charge on any atom is 0.317 e. The van der Waals surface area contributed by atoms with E-state index in [-0.39, 0.29) is 12.7 Å². The first-order chi connectivity index (χ1) is 6.06. The zero-order valence-electron chi connectivity index (χ0n) is 7.36. The van der Waals surface area contributed by atoms with Crippen molar-refractivity contribution in [3.8, 4) is 0 Å². The first-order valence-electron chi connectivity index (χ1n) is 3.70. The molecule has 0 fully saturated rings. The van der Waals surface area contributed by atoms with Crippen molar-refractivity contribution in [3.05, 3.63) is 12.8 Å². The predicted molar refractivity (Wildman–Crippen MR) is 44.0 cm³/mol. The Hall–Kier alpha value is -1.52. The summed E-state index contributed by atoms with van der Waals surface area (Å²) in [5.74, 6) is -1.98. The lowest BCUT2D eigenvalue weighted by atomic mass is 10.4. The second-order valence-electron chi connectivity index (χ2n) is 2.37. The van der Waals surface area contributed by atoms with Gasteiger partial charge in [-0.05, 0) is 6.92 Å². The molecule has 1 atom stereocenters. The van der Waals surface area contributed by atoms with Crippen molar-refractivity contribution in [2.24, 2.45) is 0 Å². The van der Waals surface area contributed by atoms with Crippen LogP contribution in [0.3, 0.4) is 0 Å². The number of esters is 1. The number of carboxylic acids is 1. The molecule has 5 nitrogen and oxygen atoms in total. The summed E-state index contributed by atoms with van der Waals surface area (Å²) in [6, 6.07) is 0. The van der Waals surface area contributed by atoms with E-state index in [0.29, 0.717) is 0 Å². The fraction of sp³-hybridized carbons (Fsp3) is 0.500. The van der Waals surface area contributed by atoms with E-state index in [0.717, 1.165) is 0 Å². The molecule has 0 aliphatic heterocycles. The molecule has 1 N–H and O–H groups in total. The van der Waals surface area contributed by atoms with Gasteiger partial charge in [-0.2, -0.15) is 0 Å². The van der Waals surface area contributed by atoms with Crippen LogP contribution in [0.2, 0.25) is 0 Å². The Kier molecular flexibility index (Phi) is 5.34. The standard InChI is InChI=1S/C8H12O5/c1-3-12-6(2)5-13-8(11)4-7(9)10/h3,6H,1,4-5H2,2H3,(H,9,10). The number of aliphatic carboxylic acids is 1. The van der Waals surface area contributed by atoms with Gasteiger partial charge in [0.15, 0.2) is 0 Å². The molecule has 0 spiro atoms. The topological polar surface area (TPSA) is 72.8 Å². The fourth-order valence-electron chi connectivity index (χ4n) is 0.588. The van der Waals surface area contributed by atoms with Crippen molar-refractivity contribution in [3.63, 3.8) is 0 Å². The fourth-order valence-corrected chi connectivity index (χ4v) is 0.588. The molecular formula is C8H12O5. The number of hydrogen-bond acceptors (Lipinski definition) is 4. The van der Waals surface area contributed by atoms with E-state index < -0.39 is 18.4 Å². The Morgan fingerprint density at radius 1 is 1.62 bits per heavy atom. The van der Waals surface area contributed by atoms with Crippen molar-refractivity contribution < 1.29 is 24.2 Å². The maximum absolute atomic E-state index is 10.7. The van der Waals surface area contributed by atoms with Crippen LogP contribution in [-0.2, 0) is 19.1 Å². The molecule has 0 rings (SSSR count). The molecule has 0 heterocycles. The molecule has 0 aromatic carbocycles. The second kappa shape index (κ2) is 6.05. The van der Waals surface area contributed by atoms with E-state index in [1.54, 1.807) is 6.92 Å². The number of ether oxygens (including phenoxy) is 2. The quantitative estimate of drug-likeness (QED) is 0.374. The lowest BCUT2D eigenvalue weighted by molar-refractivity contribution is -0.153. The summed E-state index contributed by atoms with van der Waals surface area (Å²) in [7, 11) is 0. The van der Waals surface area contributed by atoms with E-state index in [9.17, 15) is 9.59 Å². The average Bonchev–Trinajstić information content (AvgIpc) is 2.00. The SMILES string of the molecule is C=COC(C)COC(=O)CC(=O)O. The van der Waals surface area contributed by atoms with Gasteiger partial charge < -0.3 is 14.6 Å². The first-order valence-corrected chi connectivity index (χ1v) is 3.70. The van der Waals surface area contributed by atoms with Gasteiger partial charge in [-0.3, -0.25) is 9.59 Å². The van der Waals surface area contributed by atoms with Gasteiger partial charge in [-0.15, -0.1) is 0 Å². The summed E-state index contributed by atoms with van der Waals surface area (Å²) in [4.78, 5) is 20.7. The number of hydrogen-bond donors (Lipinski definition) is 1. The van der Waals surface area contributed by atoms with Gasteiger partial charge in [0.25, 0.3) is 0 Å². The third kappa shape index (κ3) is 6.86. The summed E-state index contributed by atoms with van der Waals surface area (Å²) in [6.07, 6.45) is 0.298. The molecule has 0 amide bonds. The second-order valence-corrected chi connectivity index (χ2v) is 2.37. The van der Waals surface area contributed by atoms with Crippen LogP contribution >= 0.6 is 0 Å². The average molecular weight is 188 g/mol. The van der Waals surface area contributed by atoms with Crippen LogP contribution in [0.4, 0.5) is 0 Å². The number of rotatable bonds is 6. The molecule has 0 aromatic rings. The minimum absolute atomic E-state index is 0.0259. The molecule has 74 valence electrons. The Bertz CT molecular complexity index is 199. The summed E-state index contributed by atoms with van der Waals surface area (Å²) < 4.78 is 9.41. The number of carboxylic acid groups (broad SMARTS) is 1. The van der Waals surface area contributed by atoms with E-state index in [2.05, 4.69) is 11.3 Å². The van der Waals surface area contributed by atoms with Crippen molar-refractivity contribution in [1.29, 1.82) is 0 Å². The van der Waals surface area contributed by atoms with Gasteiger partial charge in [-0.1, -0.05) is 6.58 Å². The highest BCUT2D eigenvalue weighted by Gasteiger charge is 2.10. The normalized spacial score (nSPS) is 11.5. The molecular weight excluding hydrogens is 176 g/mol. The van der Waals surface area contributed by atoms with Crippen molar-refractivity contribution >= 4 is 11.9 Å². The highest BCUT2D eigenvalue weighted by atomic mass is 16.6. The summed E-state index contributed by atoms with van der Waals surface area (Å²) in [5.41, 5.74) is 0. The molecule has 0 aromatic heterocycles. The maximum atomic E-state index is 10.7.